The molecule has 0 spiro atoms. The first-order chi connectivity index (χ1) is 9.08. The van der Waals surface area contributed by atoms with E-state index < -0.39 is 0 Å². The van der Waals surface area contributed by atoms with Crippen molar-refractivity contribution in [3.8, 4) is 5.69 Å². The van der Waals surface area contributed by atoms with Crippen molar-refractivity contribution < 1.29 is 4.74 Å². The summed E-state index contributed by atoms with van der Waals surface area (Å²) in [5.74, 6) is 0.613. The van der Waals surface area contributed by atoms with Crippen LogP contribution in [0.1, 0.15) is 36.4 Å². The minimum atomic E-state index is -0.238. The van der Waals surface area contributed by atoms with Gasteiger partial charge in [-0.15, -0.1) is 0 Å². The molecule has 0 fully saturated rings. The second kappa shape index (κ2) is 5.40. The van der Waals surface area contributed by atoms with Gasteiger partial charge in [0.05, 0.1) is 5.69 Å². The Kier molecular flexibility index (Phi) is 3.85. The number of nitrogens with zero attached hydrogens (tertiary/aromatic N) is 2. The third-order valence-electron chi connectivity index (χ3n) is 3.23. The first-order valence-electron chi connectivity index (χ1n) is 6.36. The third-order valence-corrected chi connectivity index (χ3v) is 3.23. The Balaban J connectivity index is 2.61. The molecule has 0 bridgehead atoms. The number of hydrogen-bond acceptors (Lipinski definition) is 3. The van der Waals surface area contributed by atoms with Crippen LogP contribution in [0.5, 0.6) is 0 Å². The fourth-order valence-corrected chi connectivity index (χ4v) is 2.27. The molecule has 0 saturated carbocycles. The van der Waals surface area contributed by atoms with E-state index in [1.165, 1.54) is 0 Å². The lowest BCUT2D eigenvalue weighted by Crippen LogP contribution is -2.20. The lowest BCUT2D eigenvalue weighted by atomic mass is 10.1. The van der Waals surface area contributed by atoms with E-state index in [2.05, 4.69) is 10.2 Å². The fourth-order valence-electron chi connectivity index (χ4n) is 2.27. The summed E-state index contributed by atoms with van der Waals surface area (Å²) in [7, 11) is 1.62. The maximum Gasteiger partial charge on any atom is 0.348 e. The number of aryl methyl sites for hydroxylation is 2. The predicted octanol–water partition coefficient (Wildman–Crippen LogP) is 2.27. The van der Waals surface area contributed by atoms with Crippen molar-refractivity contribution in [1.82, 2.24) is 14.8 Å². The Morgan fingerprint density at radius 2 is 2.16 bits per heavy atom. The van der Waals surface area contributed by atoms with Crippen LogP contribution < -0.4 is 5.69 Å². The summed E-state index contributed by atoms with van der Waals surface area (Å²) in [6.07, 6.45) is 0.561. The highest BCUT2D eigenvalue weighted by Crippen LogP contribution is 2.21. The summed E-state index contributed by atoms with van der Waals surface area (Å²) in [5, 5.41) is 6.60. The first-order valence-corrected chi connectivity index (χ1v) is 6.36. The summed E-state index contributed by atoms with van der Waals surface area (Å²) >= 11 is 0. The molecule has 19 heavy (non-hydrogen) atoms. The quantitative estimate of drug-likeness (QED) is 0.918. The molecule has 0 saturated heterocycles. The molecule has 5 nitrogen and oxygen atoms in total. The van der Waals surface area contributed by atoms with Crippen LogP contribution >= 0.6 is 0 Å². The lowest BCUT2D eigenvalue weighted by Gasteiger charge is -2.15. The highest BCUT2D eigenvalue weighted by Gasteiger charge is 2.19. The SMILES string of the molecule is CC[C@@H](OC)c1n[nH]c(=O)n1-c1ccc(C)cc1C. The summed E-state index contributed by atoms with van der Waals surface area (Å²) in [6, 6.07) is 5.97. The second-order valence-corrected chi connectivity index (χ2v) is 4.64. The van der Waals surface area contributed by atoms with Gasteiger partial charge in [0.25, 0.3) is 0 Å². The van der Waals surface area contributed by atoms with Gasteiger partial charge >= 0.3 is 5.69 Å². The molecule has 102 valence electrons. The van der Waals surface area contributed by atoms with Crippen LogP contribution in [-0.4, -0.2) is 21.9 Å². The van der Waals surface area contributed by atoms with Gasteiger partial charge in [-0.2, -0.15) is 5.10 Å². The van der Waals surface area contributed by atoms with Crippen molar-refractivity contribution in [3.63, 3.8) is 0 Å². The fraction of sp³-hybridized carbons (Fsp3) is 0.429. The Morgan fingerprint density at radius 3 is 2.74 bits per heavy atom. The average molecular weight is 261 g/mol. The van der Waals surface area contributed by atoms with E-state index in [0.29, 0.717) is 5.82 Å². The lowest BCUT2D eigenvalue weighted by molar-refractivity contribution is 0.0909. The van der Waals surface area contributed by atoms with Crippen LogP contribution in [0.15, 0.2) is 23.0 Å². The molecular weight excluding hydrogens is 242 g/mol. The van der Waals surface area contributed by atoms with E-state index >= 15 is 0 Å². The molecule has 0 unspecified atom stereocenters. The number of benzene rings is 1. The number of H-pyrrole nitrogens is 1. The minimum Gasteiger partial charge on any atom is -0.373 e. The molecule has 1 aromatic heterocycles. The van der Waals surface area contributed by atoms with E-state index in [1.807, 2.05) is 39.0 Å². The first kappa shape index (κ1) is 13.5. The molecule has 2 aromatic rings. The molecule has 1 aromatic carbocycles. The standard InChI is InChI=1S/C14H19N3O2/c1-5-12(19-4)13-15-16-14(18)17(13)11-7-6-9(2)8-10(11)3/h6-8,12H,5H2,1-4H3,(H,16,18)/t12-/m1/s1. The van der Waals surface area contributed by atoms with Crippen LogP contribution in [0, 0.1) is 13.8 Å². The zero-order valence-corrected chi connectivity index (χ0v) is 11.7. The molecule has 2 rings (SSSR count). The van der Waals surface area contributed by atoms with Gasteiger partial charge in [0.15, 0.2) is 5.82 Å². The number of aromatic amines is 1. The maximum atomic E-state index is 12.0. The van der Waals surface area contributed by atoms with Crippen LogP contribution in [-0.2, 0) is 4.74 Å². The average Bonchev–Trinajstić information content (AvgIpc) is 2.74. The van der Waals surface area contributed by atoms with E-state index in [0.717, 1.165) is 23.2 Å². The van der Waals surface area contributed by atoms with Gasteiger partial charge in [0, 0.05) is 7.11 Å². The van der Waals surface area contributed by atoms with Gasteiger partial charge in [0.1, 0.15) is 6.10 Å². The molecule has 0 amide bonds. The van der Waals surface area contributed by atoms with E-state index in [1.54, 1.807) is 11.7 Å². The molecule has 1 atom stereocenters. The number of hydrogen-bond donors (Lipinski definition) is 1. The van der Waals surface area contributed by atoms with Gasteiger partial charge in [-0.05, 0) is 31.9 Å². The number of rotatable bonds is 4. The molecule has 0 radical (unpaired) electrons. The molecule has 5 heteroatoms. The van der Waals surface area contributed by atoms with Gasteiger partial charge in [-0.1, -0.05) is 24.6 Å². The number of aromatic nitrogens is 3. The summed E-state index contributed by atoms with van der Waals surface area (Å²) in [5.41, 5.74) is 2.81. The molecule has 0 aliphatic heterocycles. The summed E-state index contributed by atoms with van der Waals surface area (Å²) in [6.45, 7) is 6.01. The summed E-state index contributed by atoms with van der Waals surface area (Å²) in [4.78, 5) is 12.0. The van der Waals surface area contributed by atoms with Crippen molar-refractivity contribution in [2.24, 2.45) is 0 Å². The highest BCUT2D eigenvalue weighted by molar-refractivity contribution is 5.43. The smallest absolute Gasteiger partial charge is 0.348 e. The van der Waals surface area contributed by atoms with Gasteiger partial charge in [-0.25, -0.2) is 14.5 Å². The topological polar surface area (TPSA) is 59.9 Å². The van der Waals surface area contributed by atoms with Crippen molar-refractivity contribution >= 4 is 0 Å². The molecular formula is C14H19N3O2. The Labute approximate surface area is 112 Å². The Bertz CT molecular complexity index is 624. The van der Waals surface area contributed by atoms with Crippen molar-refractivity contribution in [2.45, 2.75) is 33.3 Å². The monoisotopic (exact) mass is 261 g/mol. The van der Waals surface area contributed by atoms with E-state index in [4.69, 9.17) is 4.74 Å². The summed E-state index contributed by atoms with van der Waals surface area (Å²) < 4.78 is 6.97. The van der Waals surface area contributed by atoms with Crippen LogP contribution in [0.2, 0.25) is 0 Å². The van der Waals surface area contributed by atoms with E-state index in [9.17, 15) is 4.79 Å². The predicted molar refractivity (Wildman–Crippen MR) is 73.7 cm³/mol. The maximum absolute atomic E-state index is 12.0. The van der Waals surface area contributed by atoms with Gasteiger partial charge in [-0.3, -0.25) is 0 Å². The normalized spacial score (nSPS) is 12.6. The van der Waals surface area contributed by atoms with Crippen LogP contribution in [0.3, 0.4) is 0 Å². The third kappa shape index (κ3) is 2.46. The Hall–Kier alpha value is -1.88. The zero-order valence-electron chi connectivity index (χ0n) is 11.7. The minimum absolute atomic E-state index is 0.195. The van der Waals surface area contributed by atoms with E-state index in [-0.39, 0.29) is 11.8 Å². The zero-order chi connectivity index (χ0) is 14.0. The second-order valence-electron chi connectivity index (χ2n) is 4.64. The Morgan fingerprint density at radius 1 is 1.42 bits per heavy atom. The van der Waals surface area contributed by atoms with Crippen molar-refractivity contribution in [2.75, 3.05) is 7.11 Å². The van der Waals surface area contributed by atoms with Crippen molar-refractivity contribution in [3.05, 3.63) is 45.6 Å². The molecule has 0 aliphatic rings. The molecule has 1 N–H and O–H groups in total. The van der Waals surface area contributed by atoms with Crippen LogP contribution in [0.25, 0.3) is 5.69 Å². The number of methoxy groups -OCH3 is 1. The van der Waals surface area contributed by atoms with Crippen LogP contribution in [0.4, 0.5) is 0 Å². The largest absolute Gasteiger partial charge is 0.373 e. The highest BCUT2D eigenvalue weighted by atomic mass is 16.5. The molecule has 0 aliphatic carbocycles. The van der Waals surface area contributed by atoms with Gasteiger partial charge < -0.3 is 4.74 Å². The van der Waals surface area contributed by atoms with Crippen molar-refractivity contribution in [1.29, 1.82) is 0 Å². The molecule has 1 heterocycles. The number of ether oxygens (including phenoxy) is 1. The van der Waals surface area contributed by atoms with Gasteiger partial charge in [0.2, 0.25) is 0 Å². The number of nitrogens with one attached hydrogen (secondary N) is 1.